The monoisotopic (exact) mass is 449 g/mol. The zero-order chi connectivity index (χ0) is 23.9. The van der Waals surface area contributed by atoms with E-state index in [0.717, 1.165) is 37.4 Å². The summed E-state index contributed by atoms with van der Waals surface area (Å²) in [4.78, 5) is 0. The molecular weight excluding hydrogens is 388 g/mol. The lowest BCUT2D eigenvalue weighted by Gasteiger charge is -2.49. The quantitative estimate of drug-likeness (QED) is 0.178. The lowest BCUT2D eigenvalue weighted by molar-refractivity contribution is 0.0133. The summed E-state index contributed by atoms with van der Waals surface area (Å²) >= 11 is 0. The fraction of sp³-hybridized carbons (Fsp3) is 0.968. The van der Waals surface area contributed by atoms with Crippen molar-refractivity contribution in [1.29, 1.82) is 0 Å². The van der Waals surface area contributed by atoms with Gasteiger partial charge in [-0.2, -0.15) is 0 Å². The van der Waals surface area contributed by atoms with Gasteiger partial charge in [-0.25, -0.2) is 0 Å². The van der Waals surface area contributed by atoms with E-state index in [9.17, 15) is 0 Å². The van der Waals surface area contributed by atoms with Gasteiger partial charge in [-0.05, 0) is 60.7 Å². The second-order valence-corrected chi connectivity index (χ2v) is 12.4. The maximum Gasteiger partial charge on any atom is 0.0466 e. The summed E-state index contributed by atoms with van der Waals surface area (Å²) in [6.45, 7) is 20.5. The van der Waals surface area contributed by atoms with Crippen molar-refractivity contribution >= 4 is 0 Å². The van der Waals surface area contributed by atoms with Gasteiger partial charge in [0.2, 0.25) is 0 Å². The molecule has 0 heterocycles. The van der Waals surface area contributed by atoms with Gasteiger partial charge in [-0.15, -0.1) is 0 Å². The van der Waals surface area contributed by atoms with E-state index in [4.69, 9.17) is 4.74 Å². The molecule has 1 saturated carbocycles. The smallest absolute Gasteiger partial charge is 0.0466 e. The molecular formula is C31H61O. The number of ether oxygens (including phenoxy) is 1. The van der Waals surface area contributed by atoms with Gasteiger partial charge >= 0.3 is 0 Å². The van der Waals surface area contributed by atoms with Crippen LogP contribution in [0.3, 0.4) is 0 Å². The number of rotatable bonds is 19. The molecule has 1 radical (unpaired) electrons. The van der Waals surface area contributed by atoms with E-state index in [2.05, 4.69) is 48.5 Å². The molecule has 0 aromatic heterocycles. The van der Waals surface area contributed by atoms with Crippen LogP contribution in [0.15, 0.2) is 0 Å². The Hall–Kier alpha value is -0.0400. The number of unbranched alkanes of at least 4 members (excludes halogenated alkanes) is 9. The molecule has 1 aliphatic carbocycles. The maximum absolute atomic E-state index is 5.50. The largest absolute Gasteiger partial charge is 0.381 e. The van der Waals surface area contributed by atoms with E-state index >= 15 is 0 Å². The fourth-order valence-corrected chi connectivity index (χ4v) is 6.03. The molecule has 0 saturated heterocycles. The minimum absolute atomic E-state index is 0.506. The van der Waals surface area contributed by atoms with Gasteiger partial charge in [0.15, 0.2) is 0 Å². The zero-order valence-corrected chi connectivity index (χ0v) is 23.3. The Bertz CT molecular complexity index is 438. The molecule has 32 heavy (non-hydrogen) atoms. The summed E-state index contributed by atoms with van der Waals surface area (Å²) in [7, 11) is 0. The average Bonchev–Trinajstić information content (AvgIpc) is 2.79. The standard InChI is InChI=1S/C31H61O/c1-8-24-32-25-20-18-16-14-12-11-13-15-17-19-21-27-22-23-28(30(4,5)9-2)26-29(27)31(6,7)10-3/h27-29H,1,8-26H2,2-7H3. The van der Waals surface area contributed by atoms with Gasteiger partial charge in [0.05, 0.1) is 0 Å². The summed E-state index contributed by atoms with van der Waals surface area (Å²) in [5.74, 6) is 2.84. The van der Waals surface area contributed by atoms with Gasteiger partial charge < -0.3 is 4.74 Å². The third-order valence-corrected chi connectivity index (χ3v) is 9.33. The van der Waals surface area contributed by atoms with Crippen molar-refractivity contribution in [2.45, 2.75) is 151 Å². The topological polar surface area (TPSA) is 9.23 Å². The van der Waals surface area contributed by atoms with Gasteiger partial charge in [0, 0.05) is 13.2 Å². The lowest BCUT2D eigenvalue weighted by atomic mass is 9.57. The van der Waals surface area contributed by atoms with Gasteiger partial charge in [0.1, 0.15) is 0 Å². The second-order valence-electron chi connectivity index (χ2n) is 12.4. The Kier molecular flexibility index (Phi) is 15.5. The molecule has 0 N–H and O–H groups in total. The first-order valence-corrected chi connectivity index (χ1v) is 14.7. The SMILES string of the molecule is [CH2]CCOCCCCCCCCCCCCC1CCC(C(C)(C)CC)CC1C(C)(C)CC. The Morgan fingerprint density at radius 1 is 0.688 bits per heavy atom. The van der Waals surface area contributed by atoms with Gasteiger partial charge in [-0.1, -0.05) is 126 Å². The van der Waals surface area contributed by atoms with Crippen molar-refractivity contribution in [3.05, 3.63) is 6.92 Å². The van der Waals surface area contributed by atoms with Crippen molar-refractivity contribution in [1.82, 2.24) is 0 Å². The Morgan fingerprint density at radius 3 is 1.75 bits per heavy atom. The number of hydrogen-bond acceptors (Lipinski definition) is 1. The molecule has 0 aromatic rings. The molecule has 1 nitrogen and oxygen atoms in total. The first-order chi connectivity index (χ1) is 15.3. The lowest BCUT2D eigenvalue weighted by Crippen LogP contribution is -2.39. The van der Waals surface area contributed by atoms with Crippen LogP contribution in [0.25, 0.3) is 0 Å². The highest BCUT2D eigenvalue weighted by molar-refractivity contribution is 4.92. The predicted molar refractivity (Wildman–Crippen MR) is 144 cm³/mol. The molecule has 1 heteroatoms. The highest BCUT2D eigenvalue weighted by Gasteiger charge is 2.42. The molecule has 1 rings (SSSR count). The highest BCUT2D eigenvalue weighted by atomic mass is 16.5. The van der Waals surface area contributed by atoms with Crippen LogP contribution in [0.2, 0.25) is 0 Å². The van der Waals surface area contributed by atoms with Gasteiger partial charge in [0.25, 0.3) is 0 Å². The molecule has 0 bridgehead atoms. The Labute approximate surface area is 204 Å². The van der Waals surface area contributed by atoms with Crippen LogP contribution in [-0.4, -0.2) is 13.2 Å². The van der Waals surface area contributed by atoms with Crippen LogP contribution in [-0.2, 0) is 4.74 Å². The molecule has 1 fully saturated rings. The minimum Gasteiger partial charge on any atom is -0.381 e. The summed E-state index contributed by atoms with van der Waals surface area (Å²) in [6.07, 6.45) is 23.6. The van der Waals surface area contributed by atoms with Crippen LogP contribution < -0.4 is 0 Å². The molecule has 191 valence electrons. The van der Waals surface area contributed by atoms with Crippen molar-refractivity contribution in [3.8, 4) is 0 Å². The van der Waals surface area contributed by atoms with E-state index in [1.54, 1.807) is 0 Å². The number of hydrogen-bond donors (Lipinski definition) is 0. The normalized spacial score (nSPS) is 22.4. The van der Waals surface area contributed by atoms with Crippen LogP contribution in [0.1, 0.15) is 151 Å². The van der Waals surface area contributed by atoms with Crippen molar-refractivity contribution < 1.29 is 4.74 Å². The second kappa shape index (κ2) is 16.6. The maximum atomic E-state index is 5.50. The predicted octanol–water partition coefficient (Wildman–Crippen LogP) is 10.4. The third kappa shape index (κ3) is 11.4. The fourth-order valence-electron chi connectivity index (χ4n) is 6.03. The molecule has 3 atom stereocenters. The molecule has 0 amide bonds. The van der Waals surface area contributed by atoms with Crippen molar-refractivity contribution in [3.63, 3.8) is 0 Å². The third-order valence-electron chi connectivity index (χ3n) is 9.33. The summed E-state index contributed by atoms with van der Waals surface area (Å²) < 4.78 is 5.50. The first kappa shape index (κ1) is 30.0. The van der Waals surface area contributed by atoms with Crippen LogP contribution >= 0.6 is 0 Å². The highest BCUT2D eigenvalue weighted by Crippen LogP contribution is 2.52. The zero-order valence-electron chi connectivity index (χ0n) is 23.3. The van der Waals surface area contributed by atoms with E-state index in [1.165, 1.54) is 103 Å². The molecule has 0 aliphatic heterocycles. The molecule has 0 spiro atoms. The average molecular weight is 450 g/mol. The van der Waals surface area contributed by atoms with E-state index in [0.29, 0.717) is 10.8 Å². The van der Waals surface area contributed by atoms with Crippen molar-refractivity contribution in [2.75, 3.05) is 13.2 Å². The van der Waals surface area contributed by atoms with E-state index < -0.39 is 0 Å². The molecule has 3 unspecified atom stereocenters. The van der Waals surface area contributed by atoms with E-state index in [1.807, 2.05) is 0 Å². The van der Waals surface area contributed by atoms with Crippen molar-refractivity contribution in [2.24, 2.45) is 28.6 Å². The molecule has 1 aliphatic rings. The summed E-state index contributed by atoms with van der Waals surface area (Å²) in [6, 6.07) is 0. The van der Waals surface area contributed by atoms with Crippen LogP contribution in [0.5, 0.6) is 0 Å². The first-order valence-electron chi connectivity index (χ1n) is 14.7. The van der Waals surface area contributed by atoms with E-state index in [-0.39, 0.29) is 0 Å². The minimum atomic E-state index is 0.506. The summed E-state index contributed by atoms with van der Waals surface area (Å²) in [5.41, 5.74) is 1.03. The molecule has 0 aromatic carbocycles. The summed E-state index contributed by atoms with van der Waals surface area (Å²) in [5, 5.41) is 0. The van der Waals surface area contributed by atoms with Crippen LogP contribution in [0.4, 0.5) is 0 Å². The van der Waals surface area contributed by atoms with Crippen LogP contribution in [0, 0.1) is 35.5 Å². The Balaban J connectivity index is 2.18. The Morgan fingerprint density at radius 2 is 1.22 bits per heavy atom. The van der Waals surface area contributed by atoms with Gasteiger partial charge in [-0.3, -0.25) is 0 Å².